The van der Waals surface area contributed by atoms with E-state index in [1.807, 2.05) is 6.07 Å². The first-order valence-corrected chi connectivity index (χ1v) is 8.50. The van der Waals surface area contributed by atoms with E-state index in [1.165, 1.54) is 42.5 Å². The Morgan fingerprint density at radius 3 is 2.61 bits per heavy atom. The molecule has 28 heavy (non-hydrogen) atoms. The summed E-state index contributed by atoms with van der Waals surface area (Å²) < 4.78 is 18.6. The lowest BCUT2D eigenvalue weighted by molar-refractivity contribution is -0.385. The van der Waals surface area contributed by atoms with Crippen molar-refractivity contribution in [2.75, 3.05) is 0 Å². The van der Waals surface area contributed by atoms with Gasteiger partial charge >= 0.3 is 5.69 Å². The van der Waals surface area contributed by atoms with Gasteiger partial charge in [-0.1, -0.05) is 23.7 Å². The molecule has 0 N–H and O–H groups in total. The monoisotopic (exact) mass is 397 g/mol. The smallest absolute Gasteiger partial charge is 0.310 e. The Hall–Kier alpha value is -3.50. The predicted molar refractivity (Wildman–Crippen MR) is 102 cm³/mol. The number of hydrogen-bond acceptors (Lipinski definition) is 5. The van der Waals surface area contributed by atoms with Gasteiger partial charge in [-0.2, -0.15) is 5.26 Å². The van der Waals surface area contributed by atoms with Crippen molar-refractivity contribution in [1.82, 2.24) is 4.98 Å². The van der Waals surface area contributed by atoms with Crippen molar-refractivity contribution in [3.05, 3.63) is 86.4 Å². The van der Waals surface area contributed by atoms with Crippen molar-refractivity contribution >= 4 is 17.3 Å². The van der Waals surface area contributed by atoms with E-state index in [0.717, 1.165) is 0 Å². The minimum atomic E-state index is -0.556. The molecule has 0 amide bonds. The summed E-state index contributed by atoms with van der Waals surface area (Å²) in [6, 6.07) is 13.6. The van der Waals surface area contributed by atoms with E-state index >= 15 is 0 Å². The number of nitriles is 1. The van der Waals surface area contributed by atoms with Crippen molar-refractivity contribution in [1.29, 1.82) is 5.26 Å². The first-order chi connectivity index (χ1) is 13.4. The number of benzene rings is 2. The summed E-state index contributed by atoms with van der Waals surface area (Å²) in [5, 5.41) is 20.8. The Balaban J connectivity index is 2.02. The van der Waals surface area contributed by atoms with Crippen LogP contribution in [0.3, 0.4) is 0 Å². The molecule has 3 aromatic rings. The quantitative estimate of drug-likeness (QED) is 0.335. The number of nitrogens with zero attached hydrogens (tertiary/aromatic N) is 3. The van der Waals surface area contributed by atoms with E-state index in [4.69, 9.17) is 16.3 Å². The van der Waals surface area contributed by atoms with Crippen molar-refractivity contribution in [3.8, 4) is 22.9 Å². The van der Waals surface area contributed by atoms with Crippen LogP contribution < -0.4 is 4.74 Å². The van der Waals surface area contributed by atoms with Gasteiger partial charge in [0, 0.05) is 17.3 Å². The first kappa shape index (κ1) is 19.3. The summed E-state index contributed by atoms with van der Waals surface area (Å²) in [7, 11) is 0. The molecule has 140 valence electrons. The van der Waals surface area contributed by atoms with Gasteiger partial charge in [-0.25, -0.2) is 9.37 Å². The molecule has 0 aliphatic heterocycles. The third kappa shape index (κ3) is 4.08. The van der Waals surface area contributed by atoms with Crippen molar-refractivity contribution in [2.24, 2.45) is 0 Å². The lowest BCUT2D eigenvalue weighted by atomic mass is 10.0. The third-order valence-corrected chi connectivity index (χ3v) is 4.26. The molecule has 6 nitrogen and oxygen atoms in total. The molecule has 0 bridgehead atoms. The molecule has 0 spiro atoms. The molecule has 1 aromatic heterocycles. The molecule has 8 heteroatoms. The summed E-state index contributed by atoms with van der Waals surface area (Å²) in [6.07, 6.45) is 0. The van der Waals surface area contributed by atoms with Gasteiger partial charge in [-0.3, -0.25) is 10.1 Å². The third-order valence-electron chi connectivity index (χ3n) is 3.99. The number of nitro benzene ring substituents is 1. The molecule has 2 aromatic carbocycles. The second-order valence-electron chi connectivity index (χ2n) is 5.94. The maximum atomic E-state index is 13.0. The Labute approximate surface area is 164 Å². The maximum absolute atomic E-state index is 13.0. The minimum absolute atomic E-state index is 0.0197. The number of halogens is 2. The molecule has 0 aliphatic carbocycles. The standard InChI is InChI=1S/C20H13ClFN3O3/c1-12-8-16(17(10-23)20(21)24-12)14-4-7-18(25(26)27)19(9-14)28-11-13-2-5-15(22)6-3-13/h2-9H,11H2,1H3. The molecule has 0 unspecified atom stereocenters. The van der Waals surface area contributed by atoms with E-state index < -0.39 is 4.92 Å². The lowest BCUT2D eigenvalue weighted by Gasteiger charge is -2.11. The van der Waals surface area contributed by atoms with Gasteiger partial charge in [0.05, 0.1) is 10.5 Å². The maximum Gasteiger partial charge on any atom is 0.310 e. The molecule has 0 saturated heterocycles. The van der Waals surface area contributed by atoms with Crippen LogP contribution in [0.15, 0.2) is 48.5 Å². The Bertz CT molecular complexity index is 1100. The zero-order chi connectivity index (χ0) is 20.3. The minimum Gasteiger partial charge on any atom is -0.482 e. The van der Waals surface area contributed by atoms with Gasteiger partial charge in [0.1, 0.15) is 23.6 Å². The van der Waals surface area contributed by atoms with E-state index in [2.05, 4.69) is 4.98 Å². The fourth-order valence-electron chi connectivity index (χ4n) is 2.66. The first-order valence-electron chi connectivity index (χ1n) is 8.12. The topological polar surface area (TPSA) is 89.0 Å². The molecular formula is C20H13ClFN3O3. The van der Waals surface area contributed by atoms with Crippen LogP contribution in [0.5, 0.6) is 5.75 Å². The zero-order valence-electron chi connectivity index (χ0n) is 14.6. The van der Waals surface area contributed by atoms with Crippen LogP contribution in [0.2, 0.25) is 5.15 Å². The van der Waals surface area contributed by atoms with Crippen molar-refractivity contribution < 1.29 is 14.1 Å². The van der Waals surface area contributed by atoms with E-state index in [1.54, 1.807) is 13.0 Å². The molecule has 0 saturated carbocycles. The normalized spacial score (nSPS) is 10.4. The van der Waals surface area contributed by atoms with Gasteiger partial charge in [-0.15, -0.1) is 0 Å². The molecule has 3 rings (SSSR count). The SMILES string of the molecule is Cc1cc(-c2ccc([N+](=O)[O-])c(OCc3ccc(F)cc3)c2)c(C#N)c(Cl)n1. The second kappa shape index (κ2) is 8.03. The van der Waals surface area contributed by atoms with Crippen LogP contribution >= 0.6 is 11.6 Å². The fourth-order valence-corrected chi connectivity index (χ4v) is 2.94. The average molecular weight is 398 g/mol. The van der Waals surface area contributed by atoms with Crippen LogP contribution in [0, 0.1) is 34.2 Å². The average Bonchev–Trinajstić information content (AvgIpc) is 2.66. The molecule has 0 aliphatic rings. The van der Waals surface area contributed by atoms with Gasteiger partial charge in [0.25, 0.3) is 0 Å². The van der Waals surface area contributed by atoms with Gasteiger partial charge in [-0.05, 0) is 48.4 Å². The van der Waals surface area contributed by atoms with E-state index in [9.17, 15) is 19.8 Å². The van der Waals surface area contributed by atoms with Crippen LogP contribution in [0.4, 0.5) is 10.1 Å². The van der Waals surface area contributed by atoms with Crippen molar-refractivity contribution in [3.63, 3.8) is 0 Å². The Morgan fingerprint density at radius 1 is 1.25 bits per heavy atom. The number of nitro groups is 1. The summed E-state index contributed by atoms with van der Waals surface area (Å²) >= 11 is 6.06. The molecule has 0 fully saturated rings. The van der Waals surface area contributed by atoms with Gasteiger partial charge < -0.3 is 4.74 Å². The summed E-state index contributed by atoms with van der Waals surface area (Å²) in [5.74, 6) is -0.355. The van der Waals surface area contributed by atoms with Crippen molar-refractivity contribution in [2.45, 2.75) is 13.5 Å². The van der Waals surface area contributed by atoms with Crippen LogP contribution in [-0.2, 0) is 6.61 Å². The largest absolute Gasteiger partial charge is 0.482 e. The number of aryl methyl sites for hydroxylation is 1. The summed E-state index contributed by atoms with van der Waals surface area (Å²) in [6.45, 7) is 1.75. The lowest BCUT2D eigenvalue weighted by Crippen LogP contribution is -2.00. The van der Waals surface area contributed by atoms with E-state index in [-0.39, 0.29) is 34.6 Å². The highest BCUT2D eigenvalue weighted by molar-refractivity contribution is 6.31. The summed E-state index contributed by atoms with van der Waals surface area (Å²) in [4.78, 5) is 14.8. The Kier molecular flexibility index (Phi) is 5.52. The number of ether oxygens (including phenoxy) is 1. The van der Waals surface area contributed by atoms with Crippen LogP contribution in [0.1, 0.15) is 16.8 Å². The number of hydrogen-bond donors (Lipinski definition) is 0. The number of aromatic nitrogens is 1. The predicted octanol–water partition coefficient (Wildman–Crippen LogP) is 5.21. The fraction of sp³-hybridized carbons (Fsp3) is 0.100. The Morgan fingerprint density at radius 2 is 1.96 bits per heavy atom. The van der Waals surface area contributed by atoms with Gasteiger partial charge in [0.2, 0.25) is 0 Å². The second-order valence-corrected chi connectivity index (χ2v) is 6.30. The molecule has 0 atom stereocenters. The van der Waals surface area contributed by atoms with E-state index in [0.29, 0.717) is 22.4 Å². The highest BCUT2D eigenvalue weighted by Gasteiger charge is 2.19. The van der Waals surface area contributed by atoms with Gasteiger partial charge in [0.15, 0.2) is 5.75 Å². The molecule has 1 heterocycles. The molecular weight excluding hydrogens is 385 g/mol. The highest BCUT2D eigenvalue weighted by Crippen LogP contribution is 2.35. The van der Waals surface area contributed by atoms with Crippen LogP contribution in [0.25, 0.3) is 11.1 Å². The van der Waals surface area contributed by atoms with Crippen LogP contribution in [-0.4, -0.2) is 9.91 Å². The zero-order valence-corrected chi connectivity index (χ0v) is 15.4. The number of pyridine rings is 1. The molecule has 0 radical (unpaired) electrons. The summed E-state index contributed by atoms with van der Waals surface area (Å²) in [5.41, 5.74) is 2.24. The number of rotatable bonds is 5. The highest BCUT2D eigenvalue weighted by atomic mass is 35.5.